The molecule has 2 nitrogen and oxygen atoms in total. The van der Waals surface area contributed by atoms with Crippen LogP contribution >= 0.6 is 11.8 Å². The fourth-order valence-corrected chi connectivity index (χ4v) is 4.27. The summed E-state index contributed by atoms with van der Waals surface area (Å²) >= 11 is 1.18. The topological polar surface area (TPSA) is 37.3 Å². The molecule has 0 atom stereocenters. The molecular formula is C13H13FO2S. The minimum Gasteiger partial charge on any atom is -0.480 e. The number of carbonyl (C=O) groups is 1. The number of thioether (sulfide) groups is 1. The highest BCUT2D eigenvalue weighted by Crippen LogP contribution is 2.69. The Morgan fingerprint density at radius 1 is 1.29 bits per heavy atom. The summed E-state index contributed by atoms with van der Waals surface area (Å²) in [5, 5.41) is 9.35. The van der Waals surface area contributed by atoms with E-state index in [1.54, 1.807) is 18.2 Å². The molecule has 3 rings (SSSR count). The summed E-state index contributed by atoms with van der Waals surface area (Å²) in [6, 6.07) is 6.40. The molecule has 1 N–H and O–H groups in total. The third kappa shape index (κ3) is 1.75. The Morgan fingerprint density at radius 3 is 2.47 bits per heavy atom. The van der Waals surface area contributed by atoms with Crippen LogP contribution in [-0.2, 0) is 4.79 Å². The molecule has 0 aliphatic heterocycles. The largest absolute Gasteiger partial charge is 0.480 e. The van der Waals surface area contributed by atoms with E-state index in [0.29, 0.717) is 17.7 Å². The number of rotatable bonds is 3. The Labute approximate surface area is 103 Å². The zero-order valence-electron chi connectivity index (χ0n) is 9.28. The van der Waals surface area contributed by atoms with Crippen LogP contribution in [0.1, 0.15) is 25.7 Å². The van der Waals surface area contributed by atoms with E-state index in [9.17, 15) is 14.3 Å². The minimum absolute atomic E-state index is 0.288. The van der Waals surface area contributed by atoms with Crippen LogP contribution in [0.5, 0.6) is 0 Å². The smallest absolute Gasteiger partial charge is 0.320 e. The van der Waals surface area contributed by atoms with Crippen LogP contribution in [0.15, 0.2) is 29.2 Å². The predicted molar refractivity (Wildman–Crippen MR) is 63.5 cm³/mol. The van der Waals surface area contributed by atoms with Crippen molar-refractivity contribution in [2.45, 2.75) is 35.3 Å². The molecule has 2 fully saturated rings. The standard InChI is InChI=1S/C13H13FO2S/c14-9-3-1-2-4-10(9)17-13(11(15)16)7-12(8-13)5-6-12/h1-4H,5-8H2,(H,15,16). The lowest BCUT2D eigenvalue weighted by molar-refractivity contribution is -0.144. The van der Waals surface area contributed by atoms with Gasteiger partial charge in [-0.25, -0.2) is 4.39 Å². The second-order valence-electron chi connectivity index (χ2n) is 5.19. The lowest BCUT2D eigenvalue weighted by Crippen LogP contribution is -2.48. The van der Waals surface area contributed by atoms with Crippen molar-refractivity contribution in [3.63, 3.8) is 0 Å². The minimum atomic E-state index is -0.803. The van der Waals surface area contributed by atoms with E-state index < -0.39 is 10.7 Å². The van der Waals surface area contributed by atoms with Gasteiger partial charge in [-0.05, 0) is 43.2 Å². The van der Waals surface area contributed by atoms with E-state index in [4.69, 9.17) is 0 Å². The summed E-state index contributed by atoms with van der Waals surface area (Å²) in [4.78, 5) is 11.8. The van der Waals surface area contributed by atoms with Gasteiger partial charge in [0.1, 0.15) is 10.6 Å². The molecule has 0 bridgehead atoms. The van der Waals surface area contributed by atoms with Gasteiger partial charge < -0.3 is 5.11 Å². The lowest BCUT2D eigenvalue weighted by atomic mass is 9.71. The fraction of sp³-hybridized carbons (Fsp3) is 0.462. The molecular weight excluding hydrogens is 239 g/mol. The molecule has 0 unspecified atom stereocenters. The average Bonchev–Trinajstić information content (AvgIpc) is 3.00. The highest BCUT2D eigenvalue weighted by Gasteiger charge is 2.65. The van der Waals surface area contributed by atoms with Gasteiger partial charge in [0.05, 0.1) is 0 Å². The first kappa shape index (κ1) is 11.1. The van der Waals surface area contributed by atoms with Crippen molar-refractivity contribution >= 4 is 17.7 Å². The molecule has 0 aromatic heterocycles. The average molecular weight is 252 g/mol. The molecule has 0 amide bonds. The summed E-state index contributed by atoms with van der Waals surface area (Å²) < 4.78 is 12.7. The Bertz CT molecular complexity index is 474. The fourth-order valence-electron chi connectivity index (χ4n) is 2.70. The van der Waals surface area contributed by atoms with Crippen LogP contribution in [0.4, 0.5) is 4.39 Å². The molecule has 0 saturated heterocycles. The maximum atomic E-state index is 13.5. The van der Waals surface area contributed by atoms with Gasteiger partial charge >= 0.3 is 5.97 Å². The number of hydrogen-bond donors (Lipinski definition) is 1. The van der Waals surface area contributed by atoms with Crippen LogP contribution in [-0.4, -0.2) is 15.8 Å². The van der Waals surface area contributed by atoms with Gasteiger partial charge in [0.25, 0.3) is 0 Å². The van der Waals surface area contributed by atoms with E-state index in [0.717, 1.165) is 12.8 Å². The first-order valence-electron chi connectivity index (χ1n) is 5.72. The van der Waals surface area contributed by atoms with Crippen LogP contribution in [0.2, 0.25) is 0 Å². The quantitative estimate of drug-likeness (QED) is 0.896. The predicted octanol–water partition coefficient (Wildman–Crippen LogP) is 3.32. The van der Waals surface area contributed by atoms with E-state index in [1.165, 1.54) is 17.8 Å². The Morgan fingerprint density at radius 2 is 1.94 bits per heavy atom. The van der Waals surface area contributed by atoms with Gasteiger partial charge in [0.2, 0.25) is 0 Å². The third-order valence-electron chi connectivity index (χ3n) is 3.81. The molecule has 0 radical (unpaired) electrons. The molecule has 90 valence electrons. The monoisotopic (exact) mass is 252 g/mol. The zero-order valence-corrected chi connectivity index (χ0v) is 10.1. The molecule has 2 aliphatic rings. The van der Waals surface area contributed by atoms with Crippen molar-refractivity contribution in [3.8, 4) is 0 Å². The van der Waals surface area contributed by atoms with Crippen molar-refractivity contribution in [1.82, 2.24) is 0 Å². The molecule has 1 aromatic carbocycles. The van der Waals surface area contributed by atoms with Crippen LogP contribution in [0.25, 0.3) is 0 Å². The van der Waals surface area contributed by atoms with Crippen molar-refractivity contribution in [2.75, 3.05) is 0 Å². The van der Waals surface area contributed by atoms with Crippen LogP contribution < -0.4 is 0 Å². The molecule has 2 aliphatic carbocycles. The summed E-state index contributed by atoms with van der Waals surface area (Å²) in [5.74, 6) is -1.13. The van der Waals surface area contributed by atoms with Gasteiger partial charge in [-0.15, -0.1) is 11.8 Å². The first-order chi connectivity index (χ1) is 8.05. The highest BCUT2D eigenvalue weighted by atomic mass is 32.2. The molecule has 2 saturated carbocycles. The molecule has 0 heterocycles. The first-order valence-corrected chi connectivity index (χ1v) is 6.54. The summed E-state index contributed by atoms with van der Waals surface area (Å²) in [5.41, 5.74) is 0.288. The van der Waals surface area contributed by atoms with Crippen molar-refractivity contribution in [3.05, 3.63) is 30.1 Å². The number of hydrogen-bond acceptors (Lipinski definition) is 2. The zero-order chi connectivity index (χ0) is 12.1. The maximum Gasteiger partial charge on any atom is 0.320 e. The van der Waals surface area contributed by atoms with Crippen molar-refractivity contribution < 1.29 is 14.3 Å². The van der Waals surface area contributed by atoms with E-state index in [-0.39, 0.29) is 11.2 Å². The number of carboxylic acids is 1. The number of aliphatic carboxylic acids is 1. The number of halogens is 1. The Hall–Kier alpha value is -1.03. The maximum absolute atomic E-state index is 13.5. The summed E-state index contributed by atoms with van der Waals surface area (Å²) in [6.45, 7) is 0. The number of carboxylic acid groups (broad SMARTS) is 1. The van der Waals surface area contributed by atoms with Gasteiger partial charge in [-0.2, -0.15) is 0 Å². The molecule has 4 heteroatoms. The Kier molecular flexibility index (Phi) is 2.27. The number of benzene rings is 1. The van der Waals surface area contributed by atoms with Crippen LogP contribution in [0.3, 0.4) is 0 Å². The molecule has 1 spiro atoms. The highest BCUT2D eigenvalue weighted by molar-refractivity contribution is 8.01. The SMILES string of the molecule is O=C(O)C1(Sc2ccccc2F)CC2(CC2)C1. The van der Waals surface area contributed by atoms with E-state index in [2.05, 4.69) is 0 Å². The molecule has 1 aromatic rings. The second-order valence-corrected chi connectivity index (χ2v) is 6.61. The second kappa shape index (κ2) is 3.48. The van der Waals surface area contributed by atoms with Gasteiger partial charge in [0.15, 0.2) is 0 Å². The van der Waals surface area contributed by atoms with E-state index >= 15 is 0 Å². The van der Waals surface area contributed by atoms with Crippen molar-refractivity contribution in [2.24, 2.45) is 5.41 Å². The third-order valence-corrected chi connectivity index (χ3v) is 5.21. The van der Waals surface area contributed by atoms with Gasteiger partial charge in [-0.3, -0.25) is 4.79 Å². The summed E-state index contributed by atoms with van der Waals surface area (Å²) in [7, 11) is 0. The van der Waals surface area contributed by atoms with E-state index in [1.807, 2.05) is 0 Å². The van der Waals surface area contributed by atoms with Crippen molar-refractivity contribution in [1.29, 1.82) is 0 Å². The Balaban J connectivity index is 1.83. The lowest BCUT2D eigenvalue weighted by Gasteiger charge is -2.44. The van der Waals surface area contributed by atoms with Gasteiger partial charge in [0, 0.05) is 4.90 Å². The van der Waals surface area contributed by atoms with Gasteiger partial charge in [-0.1, -0.05) is 12.1 Å². The molecule has 17 heavy (non-hydrogen) atoms. The normalized spacial score (nSPS) is 23.1. The van der Waals surface area contributed by atoms with Crippen LogP contribution in [0, 0.1) is 11.2 Å². The summed E-state index contributed by atoms with van der Waals surface area (Å²) in [6.07, 6.45) is 3.66.